The monoisotopic (exact) mass is 368 g/mol. The molecule has 1 N–H and O–H groups in total. The van der Waals surface area contributed by atoms with Crippen molar-refractivity contribution < 1.29 is 27.5 Å². The molecular weight excluding hydrogens is 348 g/mol. The van der Waals surface area contributed by atoms with Crippen molar-refractivity contribution in [1.82, 2.24) is 0 Å². The van der Waals surface area contributed by atoms with Crippen LogP contribution in [0.3, 0.4) is 0 Å². The lowest BCUT2D eigenvalue weighted by molar-refractivity contribution is -0.138. The molecule has 0 unspecified atom stereocenters. The van der Waals surface area contributed by atoms with Gasteiger partial charge in [0.15, 0.2) is 9.84 Å². The third-order valence-electron chi connectivity index (χ3n) is 3.72. The normalized spacial score (nSPS) is 16.9. The van der Waals surface area contributed by atoms with Crippen LogP contribution in [0.4, 0.5) is 11.4 Å². The average molecular weight is 368 g/mol. The summed E-state index contributed by atoms with van der Waals surface area (Å²) >= 11 is 0. The number of carbonyl (C=O) groups is 2. The first-order valence-corrected chi connectivity index (χ1v) is 9.37. The van der Waals surface area contributed by atoms with Gasteiger partial charge in [0.1, 0.15) is 5.70 Å². The van der Waals surface area contributed by atoms with E-state index in [2.05, 4.69) is 14.8 Å². The molecule has 9 heteroatoms. The molecule has 0 amide bonds. The third kappa shape index (κ3) is 5.21. The average Bonchev–Trinajstić information content (AvgIpc) is 2.61. The van der Waals surface area contributed by atoms with Gasteiger partial charge in [-0.25, -0.2) is 18.0 Å². The van der Waals surface area contributed by atoms with Crippen LogP contribution in [0, 0.1) is 0 Å². The van der Waals surface area contributed by atoms with Crippen molar-refractivity contribution in [2.75, 3.05) is 49.0 Å². The molecule has 1 aromatic carbocycles. The zero-order valence-corrected chi connectivity index (χ0v) is 14.8. The quantitative estimate of drug-likeness (QED) is 0.594. The summed E-state index contributed by atoms with van der Waals surface area (Å²) in [6, 6.07) is 7.08. The summed E-state index contributed by atoms with van der Waals surface area (Å²) in [5.41, 5.74) is 1.41. The van der Waals surface area contributed by atoms with E-state index in [0.29, 0.717) is 18.8 Å². The van der Waals surface area contributed by atoms with E-state index in [4.69, 9.17) is 0 Å². The highest BCUT2D eigenvalue weighted by Gasteiger charge is 2.21. The molecule has 0 aromatic heterocycles. The maximum Gasteiger partial charge on any atom is 0.354 e. The van der Waals surface area contributed by atoms with Crippen LogP contribution in [0.1, 0.15) is 0 Å². The van der Waals surface area contributed by atoms with Gasteiger partial charge in [0.2, 0.25) is 0 Å². The zero-order valence-electron chi connectivity index (χ0n) is 14.0. The van der Waals surface area contributed by atoms with E-state index >= 15 is 0 Å². The Balaban J connectivity index is 2.09. The van der Waals surface area contributed by atoms with Crippen LogP contribution in [0.5, 0.6) is 0 Å². The summed E-state index contributed by atoms with van der Waals surface area (Å²) < 4.78 is 32.1. The highest BCUT2D eigenvalue weighted by molar-refractivity contribution is 7.91. The lowest BCUT2D eigenvalue weighted by Gasteiger charge is -2.28. The van der Waals surface area contributed by atoms with Crippen molar-refractivity contribution in [3.05, 3.63) is 36.0 Å². The molecule has 1 saturated heterocycles. The van der Waals surface area contributed by atoms with Crippen molar-refractivity contribution in [2.24, 2.45) is 0 Å². The Morgan fingerprint density at radius 1 is 1.08 bits per heavy atom. The first kappa shape index (κ1) is 18.8. The van der Waals surface area contributed by atoms with Crippen LogP contribution < -0.4 is 10.2 Å². The molecule has 1 aliphatic heterocycles. The Hall–Kier alpha value is -2.55. The number of benzene rings is 1. The molecule has 8 nitrogen and oxygen atoms in total. The number of rotatable bonds is 5. The minimum atomic E-state index is -2.93. The number of hydrogen-bond donors (Lipinski definition) is 1. The number of hydrogen-bond acceptors (Lipinski definition) is 8. The van der Waals surface area contributed by atoms with E-state index in [1.165, 1.54) is 14.2 Å². The molecule has 0 spiro atoms. The fourth-order valence-corrected chi connectivity index (χ4v) is 3.52. The highest BCUT2D eigenvalue weighted by atomic mass is 32.2. The summed E-state index contributed by atoms with van der Waals surface area (Å²) in [4.78, 5) is 25.0. The van der Waals surface area contributed by atoms with Gasteiger partial charge < -0.3 is 19.7 Å². The largest absolute Gasteiger partial charge is 0.466 e. The van der Waals surface area contributed by atoms with Crippen molar-refractivity contribution in [1.29, 1.82) is 0 Å². The van der Waals surface area contributed by atoms with Crippen LogP contribution in [-0.2, 0) is 28.9 Å². The zero-order chi connectivity index (χ0) is 18.4. The van der Waals surface area contributed by atoms with E-state index < -0.39 is 21.8 Å². The second kappa shape index (κ2) is 8.02. The lowest BCUT2D eigenvalue weighted by atomic mass is 10.2. The van der Waals surface area contributed by atoms with Crippen molar-refractivity contribution >= 4 is 33.2 Å². The number of anilines is 2. The lowest BCUT2D eigenvalue weighted by Crippen LogP contribution is -2.40. The fourth-order valence-electron chi connectivity index (χ4n) is 2.31. The fraction of sp³-hybridized carbons (Fsp3) is 0.375. The van der Waals surface area contributed by atoms with Crippen LogP contribution in [0.25, 0.3) is 0 Å². The molecule has 25 heavy (non-hydrogen) atoms. The third-order valence-corrected chi connectivity index (χ3v) is 5.33. The van der Waals surface area contributed by atoms with E-state index in [1.54, 1.807) is 12.1 Å². The summed E-state index contributed by atoms with van der Waals surface area (Å²) in [5, 5.41) is 2.81. The van der Waals surface area contributed by atoms with Crippen molar-refractivity contribution in [2.45, 2.75) is 0 Å². The first-order chi connectivity index (χ1) is 11.8. The summed E-state index contributed by atoms with van der Waals surface area (Å²) in [7, 11) is -0.510. The number of carbonyl (C=O) groups excluding carboxylic acids is 2. The van der Waals surface area contributed by atoms with Gasteiger partial charge in [0, 0.05) is 24.5 Å². The van der Waals surface area contributed by atoms with E-state index in [0.717, 1.165) is 11.8 Å². The molecule has 0 saturated carbocycles. The number of nitrogens with one attached hydrogen (secondary N) is 1. The molecule has 2 rings (SSSR count). The van der Waals surface area contributed by atoms with Gasteiger partial charge >= 0.3 is 11.9 Å². The molecule has 1 heterocycles. The van der Waals surface area contributed by atoms with Crippen LogP contribution in [-0.4, -0.2) is 59.2 Å². The number of esters is 2. The molecule has 136 valence electrons. The number of nitrogens with zero attached hydrogens (tertiary/aromatic N) is 1. The molecule has 0 radical (unpaired) electrons. The number of sulfone groups is 1. The summed E-state index contributed by atoms with van der Waals surface area (Å²) in [6.45, 7) is 0.898. The second-order valence-corrected chi connectivity index (χ2v) is 7.69. The SMILES string of the molecule is COC(=O)/C=C(/Nc1ccc(N2CCS(=O)(=O)CC2)cc1)C(=O)OC. The molecule has 1 fully saturated rings. The Morgan fingerprint density at radius 3 is 2.20 bits per heavy atom. The Morgan fingerprint density at radius 2 is 1.68 bits per heavy atom. The maximum atomic E-state index is 11.7. The molecule has 0 aliphatic carbocycles. The van der Waals surface area contributed by atoms with Crippen molar-refractivity contribution in [3.8, 4) is 0 Å². The van der Waals surface area contributed by atoms with Gasteiger partial charge in [0.05, 0.1) is 31.8 Å². The molecule has 0 bridgehead atoms. The van der Waals surface area contributed by atoms with Gasteiger partial charge in [-0.1, -0.05) is 0 Å². The van der Waals surface area contributed by atoms with Gasteiger partial charge in [0.25, 0.3) is 0 Å². The minimum Gasteiger partial charge on any atom is -0.466 e. The number of ether oxygens (including phenoxy) is 2. The molecular formula is C16H20N2O6S. The summed E-state index contributed by atoms with van der Waals surface area (Å²) in [6.07, 6.45) is 1.01. The van der Waals surface area contributed by atoms with E-state index in [1.807, 2.05) is 17.0 Å². The molecule has 0 atom stereocenters. The van der Waals surface area contributed by atoms with E-state index in [-0.39, 0.29) is 17.2 Å². The topological polar surface area (TPSA) is 102 Å². The summed E-state index contributed by atoms with van der Waals surface area (Å²) in [5.74, 6) is -1.10. The van der Waals surface area contributed by atoms with Crippen LogP contribution >= 0.6 is 0 Å². The predicted octanol–water partition coefficient (Wildman–Crippen LogP) is 0.563. The van der Waals surface area contributed by atoms with Crippen LogP contribution in [0.2, 0.25) is 0 Å². The van der Waals surface area contributed by atoms with Crippen LogP contribution in [0.15, 0.2) is 36.0 Å². The molecule has 1 aromatic rings. The van der Waals surface area contributed by atoms with Gasteiger partial charge in [-0.15, -0.1) is 0 Å². The highest BCUT2D eigenvalue weighted by Crippen LogP contribution is 2.21. The Labute approximate surface area is 146 Å². The standard InChI is InChI=1S/C16H20N2O6S/c1-23-15(19)11-14(16(20)24-2)17-12-3-5-13(6-4-12)18-7-9-25(21,22)10-8-18/h3-6,11,17H,7-10H2,1-2H3/b14-11+. The Kier molecular flexibility index (Phi) is 6.02. The second-order valence-electron chi connectivity index (χ2n) is 5.38. The smallest absolute Gasteiger partial charge is 0.354 e. The van der Waals surface area contributed by atoms with Gasteiger partial charge in [-0.2, -0.15) is 0 Å². The van der Waals surface area contributed by atoms with Gasteiger partial charge in [-0.3, -0.25) is 0 Å². The van der Waals surface area contributed by atoms with Gasteiger partial charge in [-0.05, 0) is 24.3 Å². The minimum absolute atomic E-state index is 0.0498. The van der Waals surface area contributed by atoms with Crippen molar-refractivity contribution in [3.63, 3.8) is 0 Å². The number of methoxy groups -OCH3 is 2. The molecule has 1 aliphatic rings. The maximum absolute atomic E-state index is 11.7. The Bertz CT molecular complexity index is 756. The first-order valence-electron chi connectivity index (χ1n) is 7.55. The predicted molar refractivity (Wildman–Crippen MR) is 93.0 cm³/mol. The van der Waals surface area contributed by atoms with E-state index in [9.17, 15) is 18.0 Å².